The highest BCUT2D eigenvalue weighted by atomic mass is 16.3. The molecule has 5 heteroatoms. The van der Waals surface area contributed by atoms with E-state index in [-0.39, 0.29) is 12.5 Å². The molecule has 2 saturated heterocycles. The summed E-state index contributed by atoms with van der Waals surface area (Å²) >= 11 is 0. The topological polar surface area (TPSA) is 55.8 Å². The molecule has 0 aliphatic carbocycles. The second-order valence-corrected chi connectivity index (χ2v) is 7.99. The number of aliphatic hydroxyl groups is 1. The average Bonchev–Trinajstić information content (AvgIpc) is 2.81. The van der Waals surface area contributed by atoms with Crippen LogP contribution in [0.25, 0.3) is 0 Å². The molecule has 0 aromatic heterocycles. The molecule has 0 bridgehead atoms. The van der Waals surface area contributed by atoms with Gasteiger partial charge in [-0.25, -0.2) is 0 Å². The molecule has 26 heavy (non-hydrogen) atoms. The van der Waals surface area contributed by atoms with E-state index in [4.69, 9.17) is 0 Å². The molecule has 2 atom stereocenters. The zero-order valence-corrected chi connectivity index (χ0v) is 16.0. The third-order valence-electron chi connectivity index (χ3n) is 5.76. The number of hydrogen-bond donors (Lipinski definition) is 2. The molecule has 1 amide bonds. The average molecular weight is 360 g/mol. The molecule has 0 spiro atoms. The van der Waals surface area contributed by atoms with Gasteiger partial charge in [0, 0.05) is 45.4 Å². The van der Waals surface area contributed by atoms with Crippen LogP contribution in [0.5, 0.6) is 0 Å². The first-order valence-corrected chi connectivity index (χ1v) is 10.1. The molecule has 0 unspecified atom stereocenters. The van der Waals surface area contributed by atoms with Gasteiger partial charge >= 0.3 is 0 Å². The molecule has 2 aliphatic heterocycles. The Balaban J connectivity index is 1.53. The van der Waals surface area contributed by atoms with Crippen molar-refractivity contribution in [1.82, 2.24) is 9.80 Å². The highest BCUT2D eigenvalue weighted by Crippen LogP contribution is 2.26. The number of carbonyl (C=O) groups excluding carboxylic acids is 1. The molecular formula is C21H33N3O2. The van der Waals surface area contributed by atoms with Gasteiger partial charge in [-0.15, -0.1) is 0 Å². The maximum Gasteiger partial charge on any atom is 0.221 e. The van der Waals surface area contributed by atoms with Crippen molar-refractivity contribution in [3.8, 4) is 0 Å². The van der Waals surface area contributed by atoms with Gasteiger partial charge < -0.3 is 15.3 Å². The van der Waals surface area contributed by atoms with Crippen molar-refractivity contribution >= 4 is 11.6 Å². The fourth-order valence-electron chi connectivity index (χ4n) is 4.38. The van der Waals surface area contributed by atoms with Crippen LogP contribution in [0, 0.1) is 11.8 Å². The number of benzene rings is 1. The summed E-state index contributed by atoms with van der Waals surface area (Å²) in [6, 6.07) is 8.10. The summed E-state index contributed by atoms with van der Waals surface area (Å²) in [6.45, 7) is 8.33. The van der Waals surface area contributed by atoms with Gasteiger partial charge in [-0.2, -0.15) is 0 Å². The predicted octanol–water partition coefficient (Wildman–Crippen LogP) is 2.56. The number of amides is 1. The summed E-state index contributed by atoms with van der Waals surface area (Å²) in [5.74, 6) is 0.910. The van der Waals surface area contributed by atoms with Gasteiger partial charge in [0.15, 0.2) is 0 Å². The van der Waals surface area contributed by atoms with E-state index in [1.54, 1.807) is 0 Å². The van der Waals surface area contributed by atoms with Gasteiger partial charge in [-0.1, -0.05) is 25.0 Å². The Kier molecular flexibility index (Phi) is 7.06. The van der Waals surface area contributed by atoms with E-state index in [0.717, 1.165) is 31.9 Å². The highest BCUT2D eigenvalue weighted by Gasteiger charge is 2.33. The van der Waals surface area contributed by atoms with E-state index in [1.807, 2.05) is 12.1 Å². The van der Waals surface area contributed by atoms with E-state index in [9.17, 15) is 9.90 Å². The molecule has 3 rings (SSSR count). The number of nitrogens with one attached hydrogen (secondary N) is 1. The molecular weight excluding hydrogens is 326 g/mol. The predicted molar refractivity (Wildman–Crippen MR) is 105 cm³/mol. The number of aliphatic hydroxyl groups excluding tert-OH is 1. The van der Waals surface area contributed by atoms with Crippen molar-refractivity contribution in [3.63, 3.8) is 0 Å². The molecule has 1 aromatic rings. The molecule has 2 fully saturated rings. The second-order valence-electron chi connectivity index (χ2n) is 7.99. The van der Waals surface area contributed by atoms with Crippen molar-refractivity contribution in [2.75, 3.05) is 44.6 Å². The lowest BCUT2D eigenvalue weighted by Gasteiger charge is -2.26. The summed E-state index contributed by atoms with van der Waals surface area (Å²) in [6.07, 6.45) is 5.37. The van der Waals surface area contributed by atoms with Gasteiger partial charge in [0.25, 0.3) is 0 Å². The van der Waals surface area contributed by atoms with E-state index in [0.29, 0.717) is 11.8 Å². The van der Waals surface area contributed by atoms with Gasteiger partial charge in [0.05, 0.1) is 0 Å². The van der Waals surface area contributed by atoms with Crippen molar-refractivity contribution < 1.29 is 9.90 Å². The van der Waals surface area contributed by atoms with Crippen LogP contribution in [0.3, 0.4) is 0 Å². The zero-order chi connectivity index (χ0) is 18.4. The molecule has 2 heterocycles. The SMILES string of the molecule is CC(=O)Nc1ccc(CN2C[C@@H](CN3CCCCCC3)[C@@H](CO)C2)cc1. The highest BCUT2D eigenvalue weighted by molar-refractivity contribution is 5.88. The smallest absolute Gasteiger partial charge is 0.221 e. The Bertz CT molecular complexity index is 567. The third kappa shape index (κ3) is 5.53. The Morgan fingerprint density at radius 3 is 2.31 bits per heavy atom. The Morgan fingerprint density at radius 2 is 1.69 bits per heavy atom. The van der Waals surface area contributed by atoms with Crippen molar-refractivity contribution in [2.24, 2.45) is 11.8 Å². The van der Waals surface area contributed by atoms with Gasteiger partial charge in [-0.05, 0) is 55.5 Å². The van der Waals surface area contributed by atoms with Crippen LogP contribution in [0.1, 0.15) is 38.2 Å². The Morgan fingerprint density at radius 1 is 1.04 bits per heavy atom. The molecule has 5 nitrogen and oxygen atoms in total. The van der Waals surface area contributed by atoms with Crippen LogP contribution in [0.4, 0.5) is 5.69 Å². The fourth-order valence-corrected chi connectivity index (χ4v) is 4.38. The maximum absolute atomic E-state index is 11.1. The Hall–Kier alpha value is -1.43. The third-order valence-corrected chi connectivity index (χ3v) is 5.76. The van der Waals surface area contributed by atoms with Gasteiger partial charge in [-0.3, -0.25) is 9.69 Å². The van der Waals surface area contributed by atoms with Crippen LogP contribution < -0.4 is 5.32 Å². The summed E-state index contributed by atoms with van der Waals surface area (Å²) in [5.41, 5.74) is 2.10. The fraction of sp³-hybridized carbons (Fsp3) is 0.667. The zero-order valence-electron chi connectivity index (χ0n) is 16.0. The summed E-state index contributed by atoms with van der Waals surface area (Å²) in [4.78, 5) is 16.2. The molecule has 2 N–H and O–H groups in total. The lowest BCUT2D eigenvalue weighted by atomic mass is 9.96. The van der Waals surface area contributed by atoms with E-state index < -0.39 is 0 Å². The number of anilines is 1. The number of carbonyl (C=O) groups is 1. The van der Waals surface area contributed by atoms with Crippen LogP contribution in [0.2, 0.25) is 0 Å². The second kappa shape index (κ2) is 9.49. The standard InChI is InChI=1S/C21H33N3O2/c1-17(26)22-21-8-6-18(7-9-21)12-24-14-19(20(15-24)16-25)13-23-10-4-2-3-5-11-23/h6-9,19-20,25H,2-5,10-16H2,1H3,(H,22,26)/t19-,20-/m1/s1. The molecule has 2 aliphatic rings. The van der Waals surface area contributed by atoms with Crippen LogP contribution in [-0.2, 0) is 11.3 Å². The largest absolute Gasteiger partial charge is 0.396 e. The first kappa shape index (κ1) is 19.3. The van der Waals surface area contributed by atoms with E-state index in [1.165, 1.54) is 51.3 Å². The van der Waals surface area contributed by atoms with Crippen molar-refractivity contribution in [2.45, 2.75) is 39.2 Å². The molecule has 1 aromatic carbocycles. The monoisotopic (exact) mass is 359 g/mol. The summed E-state index contributed by atoms with van der Waals surface area (Å²) in [7, 11) is 0. The summed E-state index contributed by atoms with van der Waals surface area (Å²) in [5, 5.41) is 12.6. The number of nitrogens with zero attached hydrogens (tertiary/aromatic N) is 2. The minimum Gasteiger partial charge on any atom is -0.396 e. The Labute approximate surface area is 157 Å². The first-order chi connectivity index (χ1) is 12.6. The van der Waals surface area contributed by atoms with E-state index in [2.05, 4.69) is 27.2 Å². The number of likely N-dealkylation sites (tertiary alicyclic amines) is 2. The number of hydrogen-bond acceptors (Lipinski definition) is 4. The lowest BCUT2D eigenvalue weighted by molar-refractivity contribution is -0.114. The first-order valence-electron chi connectivity index (χ1n) is 10.1. The molecule has 0 radical (unpaired) electrons. The molecule has 0 saturated carbocycles. The van der Waals surface area contributed by atoms with Crippen molar-refractivity contribution in [3.05, 3.63) is 29.8 Å². The van der Waals surface area contributed by atoms with Crippen LogP contribution in [-0.4, -0.2) is 60.1 Å². The van der Waals surface area contributed by atoms with Gasteiger partial charge in [0.1, 0.15) is 0 Å². The van der Waals surface area contributed by atoms with E-state index >= 15 is 0 Å². The lowest BCUT2D eigenvalue weighted by Crippen LogP contribution is -2.34. The van der Waals surface area contributed by atoms with Gasteiger partial charge in [0.2, 0.25) is 5.91 Å². The minimum atomic E-state index is -0.0422. The van der Waals surface area contributed by atoms with Crippen molar-refractivity contribution in [1.29, 1.82) is 0 Å². The van der Waals surface area contributed by atoms with Crippen LogP contribution in [0.15, 0.2) is 24.3 Å². The molecule has 144 valence electrons. The van der Waals surface area contributed by atoms with Crippen LogP contribution >= 0.6 is 0 Å². The maximum atomic E-state index is 11.1. The minimum absolute atomic E-state index is 0.0422. The quantitative estimate of drug-likeness (QED) is 0.820. The summed E-state index contributed by atoms with van der Waals surface area (Å²) < 4.78 is 0. The number of rotatable bonds is 6. The normalized spacial score (nSPS) is 25.2.